The van der Waals surface area contributed by atoms with E-state index >= 15 is 0 Å². The number of hydrogen-bond acceptors (Lipinski definition) is 5. The van der Waals surface area contributed by atoms with Gasteiger partial charge in [0.15, 0.2) is 0 Å². The van der Waals surface area contributed by atoms with Crippen LogP contribution in [0.15, 0.2) is 36.4 Å². The standard InChI is InChI=1S/C18H16F2N2O4S2/c1-26-9-11-16-13(20)4-3-5-15(16)27-17(11)18(23)21-10-6-7-12(19)14(8-10)22-28(2,24)25/h3-8,22H,9H2,1-2H3,(H,21,23). The van der Waals surface area contributed by atoms with E-state index in [9.17, 15) is 22.0 Å². The molecule has 0 aliphatic carbocycles. The zero-order valence-electron chi connectivity index (χ0n) is 14.9. The molecular formula is C18H16F2N2O4S2. The summed E-state index contributed by atoms with van der Waals surface area (Å²) >= 11 is 1.11. The van der Waals surface area contributed by atoms with Crippen molar-refractivity contribution in [2.75, 3.05) is 23.4 Å². The minimum Gasteiger partial charge on any atom is -0.380 e. The highest BCUT2D eigenvalue weighted by Gasteiger charge is 2.21. The fourth-order valence-electron chi connectivity index (χ4n) is 2.70. The van der Waals surface area contributed by atoms with Gasteiger partial charge in [-0.2, -0.15) is 0 Å². The van der Waals surface area contributed by atoms with Crippen molar-refractivity contribution in [2.45, 2.75) is 6.61 Å². The Labute approximate surface area is 164 Å². The maximum Gasteiger partial charge on any atom is 0.266 e. The number of nitrogens with one attached hydrogen (secondary N) is 2. The van der Waals surface area contributed by atoms with Crippen molar-refractivity contribution in [1.82, 2.24) is 0 Å². The number of thiophene rings is 1. The maximum atomic E-state index is 14.2. The number of benzene rings is 2. The number of halogens is 2. The number of anilines is 2. The molecule has 0 saturated heterocycles. The average Bonchev–Trinajstić information content (AvgIpc) is 2.97. The Morgan fingerprint density at radius 1 is 1.18 bits per heavy atom. The first-order valence-corrected chi connectivity index (χ1v) is 10.7. The number of ether oxygens (including phenoxy) is 1. The Morgan fingerprint density at radius 2 is 1.93 bits per heavy atom. The summed E-state index contributed by atoms with van der Waals surface area (Å²) in [5.74, 6) is -1.78. The molecule has 1 amide bonds. The molecular weight excluding hydrogens is 410 g/mol. The number of carbonyl (C=O) groups is 1. The van der Waals surface area contributed by atoms with Gasteiger partial charge in [-0.1, -0.05) is 6.07 Å². The highest BCUT2D eigenvalue weighted by Crippen LogP contribution is 2.34. The van der Waals surface area contributed by atoms with Gasteiger partial charge >= 0.3 is 0 Å². The number of fused-ring (bicyclic) bond motifs is 1. The summed E-state index contributed by atoms with van der Waals surface area (Å²) in [5.41, 5.74) is 0.299. The third-order valence-electron chi connectivity index (χ3n) is 3.78. The number of methoxy groups -OCH3 is 1. The van der Waals surface area contributed by atoms with Crippen LogP contribution in [-0.4, -0.2) is 27.7 Å². The summed E-state index contributed by atoms with van der Waals surface area (Å²) in [6.07, 6.45) is 0.889. The van der Waals surface area contributed by atoms with Gasteiger partial charge in [-0.15, -0.1) is 11.3 Å². The van der Waals surface area contributed by atoms with E-state index in [-0.39, 0.29) is 22.9 Å². The molecule has 2 N–H and O–H groups in total. The molecule has 0 aliphatic rings. The van der Waals surface area contributed by atoms with Crippen LogP contribution in [0, 0.1) is 11.6 Å². The van der Waals surface area contributed by atoms with Crippen LogP contribution in [0.3, 0.4) is 0 Å². The topological polar surface area (TPSA) is 84.5 Å². The summed E-state index contributed by atoms with van der Waals surface area (Å²) < 4.78 is 58.5. The normalized spacial score (nSPS) is 11.6. The number of amides is 1. The lowest BCUT2D eigenvalue weighted by molar-refractivity contribution is 0.102. The summed E-state index contributed by atoms with van der Waals surface area (Å²) in [5, 5.41) is 2.90. The molecule has 0 spiro atoms. The highest BCUT2D eigenvalue weighted by molar-refractivity contribution is 7.92. The maximum absolute atomic E-state index is 14.2. The van der Waals surface area contributed by atoms with Gasteiger partial charge in [0.25, 0.3) is 5.91 Å². The lowest BCUT2D eigenvalue weighted by atomic mass is 10.1. The second-order valence-corrected chi connectivity index (χ2v) is 8.78. The third-order valence-corrected chi connectivity index (χ3v) is 5.56. The largest absolute Gasteiger partial charge is 0.380 e. The summed E-state index contributed by atoms with van der Waals surface area (Å²) in [7, 11) is -2.25. The van der Waals surface area contributed by atoms with Crippen molar-refractivity contribution in [1.29, 1.82) is 0 Å². The van der Waals surface area contributed by atoms with Gasteiger partial charge in [-0.3, -0.25) is 9.52 Å². The van der Waals surface area contributed by atoms with Crippen molar-refractivity contribution in [3.8, 4) is 0 Å². The summed E-state index contributed by atoms with van der Waals surface area (Å²) in [6, 6.07) is 8.05. The van der Waals surface area contributed by atoms with E-state index in [1.807, 2.05) is 4.72 Å². The summed E-state index contributed by atoms with van der Waals surface area (Å²) in [6.45, 7) is 0.0357. The lowest BCUT2D eigenvalue weighted by Crippen LogP contribution is -2.14. The Balaban J connectivity index is 1.97. The van der Waals surface area contributed by atoms with Gasteiger partial charge < -0.3 is 10.1 Å². The second-order valence-electron chi connectivity index (χ2n) is 5.98. The molecule has 10 heteroatoms. The Morgan fingerprint density at radius 3 is 2.61 bits per heavy atom. The van der Waals surface area contributed by atoms with E-state index in [1.165, 1.54) is 19.2 Å². The van der Waals surface area contributed by atoms with Crippen LogP contribution in [0.2, 0.25) is 0 Å². The van der Waals surface area contributed by atoms with E-state index < -0.39 is 27.6 Å². The van der Waals surface area contributed by atoms with E-state index in [4.69, 9.17) is 4.74 Å². The molecule has 0 radical (unpaired) electrons. The molecule has 0 aliphatic heterocycles. The number of hydrogen-bond donors (Lipinski definition) is 2. The predicted molar refractivity (Wildman–Crippen MR) is 105 cm³/mol. The second kappa shape index (κ2) is 7.82. The molecule has 0 unspecified atom stereocenters. The van der Waals surface area contributed by atoms with Crippen LogP contribution in [0.25, 0.3) is 10.1 Å². The molecule has 0 fully saturated rings. The quantitative estimate of drug-likeness (QED) is 0.625. The average molecular weight is 426 g/mol. The van der Waals surface area contributed by atoms with Gasteiger partial charge in [0, 0.05) is 28.4 Å². The van der Waals surface area contributed by atoms with Crippen molar-refractivity contribution in [2.24, 2.45) is 0 Å². The molecule has 1 aromatic heterocycles. The smallest absolute Gasteiger partial charge is 0.266 e. The molecule has 6 nitrogen and oxygen atoms in total. The molecule has 3 rings (SSSR count). The lowest BCUT2D eigenvalue weighted by Gasteiger charge is -2.10. The zero-order valence-corrected chi connectivity index (χ0v) is 16.5. The number of sulfonamides is 1. The highest BCUT2D eigenvalue weighted by atomic mass is 32.2. The van der Waals surface area contributed by atoms with E-state index in [2.05, 4.69) is 5.32 Å². The van der Waals surface area contributed by atoms with Gasteiger partial charge in [0.1, 0.15) is 11.6 Å². The molecule has 3 aromatic rings. The number of carbonyl (C=O) groups excluding carboxylic acids is 1. The predicted octanol–water partition coefficient (Wildman–Crippen LogP) is 3.95. The molecule has 1 heterocycles. The molecule has 0 atom stereocenters. The first kappa shape index (κ1) is 20.2. The zero-order chi connectivity index (χ0) is 20.5. The van der Waals surface area contributed by atoms with Crippen LogP contribution in [0.1, 0.15) is 15.2 Å². The van der Waals surface area contributed by atoms with Gasteiger partial charge in [0.05, 0.1) is 23.4 Å². The molecule has 0 bridgehead atoms. The van der Waals surface area contributed by atoms with E-state index in [1.54, 1.807) is 12.1 Å². The SMILES string of the molecule is COCc1c(C(=O)Nc2ccc(F)c(NS(C)(=O)=O)c2)sc2cccc(F)c12. The van der Waals surface area contributed by atoms with Crippen LogP contribution in [0.4, 0.5) is 20.2 Å². The van der Waals surface area contributed by atoms with Crippen LogP contribution >= 0.6 is 11.3 Å². The van der Waals surface area contributed by atoms with Crippen molar-refractivity contribution >= 4 is 48.7 Å². The third kappa shape index (κ3) is 4.29. The van der Waals surface area contributed by atoms with Gasteiger partial charge in [0.2, 0.25) is 10.0 Å². The minimum absolute atomic E-state index is 0.0357. The molecule has 2 aromatic carbocycles. The molecule has 148 valence electrons. The van der Waals surface area contributed by atoms with Crippen LogP contribution < -0.4 is 10.0 Å². The van der Waals surface area contributed by atoms with E-state index in [0.717, 1.165) is 29.7 Å². The van der Waals surface area contributed by atoms with Gasteiger partial charge in [-0.25, -0.2) is 17.2 Å². The molecule has 0 saturated carbocycles. The Kier molecular flexibility index (Phi) is 5.64. The van der Waals surface area contributed by atoms with Crippen molar-refractivity contribution in [3.63, 3.8) is 0 Å². The Hall–Kier alpha value is -2.56. The summed E-state index contributed by atoms with van der Waals surface area (Å²) in [4.78, 5) is 13.0. The van der Waals surface area contributed by atoms with Gasteiger partial charge in [-0.05, 0) is 30.3 Å². The molecule has 28 heavy (non-hydrogen) atoms. The monoisotopic (exact) mass is 426 g/mol. The van der Waals surface area contributed by atoms with Crippen LogP contribution in [-0.2, 0) is 21.4 Å². The van der Waals surface area contributed by atoms with Crippen molar-refractivity contribution in [3.05, 3.63) is 58.5 Å². The minimum atomic E-state index is -3.69. The van der Waals surface area contributed by atoms with Crippen LogP contribution in [0.5, 0.6) is 0 Å². The first-order valence-electron chi connectivity index (χ1n) is 7.97. The number of rotatable bonds is 6. The Bertz CT molecular complexity index is 1160. The fraction of sp³-hybridized carbons (Fsp3) is 0.167. The fourth-order valence-corrected chi connectivity index (χ4v) is 4.37. The van der Waals surface area contributed by atoms with E-state index in [0.29, 0.717) is 15.6 Å². The van der Waals surface area contributed by atoms with Crippen molar-refractivity contribution < 1.29 is 26.7 Å². The first-order chi connectivity index (χ1) is 13.2.